The lowest BCUT2D eigenvalue weighted by Crippen LogP contribution is -2.34. The van der Waals surface area contributed by atoms with Gasteiger partial charge in [0.1, 0.15) is 0 Å². The summed E-state index contributed by atoms with van der Waals surface area (Å²) in [5.74, 6) is 1.56. The fourth-order valence-corrected chi connectivity index (χ4v) is 4.45. The lowest BCUT2D eigenvalue weighted by atomic mass is 10.00. The molecule has 4 nitrogen and oxygen atoms in total. The maximum absolute atomic E-state index is 6.52. The fourth-order valence-electron chi connectivity index (χ4n) is 3.70. The van der Waals surface area contributed by atoms with Crippen LogP contribution in [0.5, 0.6) is 0 Å². The Balaban J connectivity index is 1.72. The van der Waals surface area contributed by atoms with Gasteiger partial charge in [0.2, 0.25) is 0 Å². The Morgan fingerprint density at radius 2 is 1.79 bits per heavy atom. The van der Waals surface area contributed by atoms with Gasteiger partial charge in [-0.3, -0.25) is 9.47 Å². The van der Waals surface area contributed by atoms with Gasteiger partial charge >= 0.3 is 0 Å². The van der Waals surface area contributed by atoms with Crippen molar-refractivity contribution in [3.8, 4) is 11.4 Å². The molecule has 4 rings (SSSR count). The molecule has 1 aliphatic heterocycles. The van der Waals surface area contributed by atoms with E-state index in [1.54, 1.807) is 6.07 Å². The third-order valence-corrected chi connectivity index (χ3v) is 6.47. The third kappa shape index (κ3) is 4.75. The van der Waals surface area contributed by atoms with Crippen molar-refractivity contribution in [1.29, 1.82) is 0 Å². The zero-order valence-electron chi connectivity index (χ0n) is 16.4. The maximum atomic E-state index is 6.52. The molecule has 0 saturated carbocycles. The highest BCUT2D eigenvalue weighted by Gasteiger charge is 2.20. The second-order valence-corrected chi connectivity index (χ2v) is 8.95. The lowest BCUT2D eigenvalue weighted by Gasteiger charge is -2.29. The van der Waals surface area contributed by atoms with E-state index < -0.39 is 0 Å². The Bertz CT molecular complexity index is 1040. The van der Waals surface area contributed by atoms with Crippen LogP contribution < -0.4 is 0 Å². The Labute approximate surface area is 186 Å². The van der Waals surface area contributed by atoms with Gasteiger partial charge in [0, 0.05) is 23.7 Å². The van der Waals surface area contributed by atoms with Crippen molar-refractivity contribution in [2.45, 2.75) is 33.0 Å². The molecule has 152 valence electrons. The number of piperidine rings is 1. The number of likely N-dealkylation sites (tertiary alicyclic amines) is 1. The molecule has 29 heavy (non-hydrogen) atoms. The number of nitrogens with zero attached hydrogens (tertiary/aromatic N) is 4. The summed E-state index contributed by atoms with van der Waals surface area (Å²) < 4.78 is 4.69. The van der Waals surface area contributed by atoms with Gasteiger partial charge in [-0.1, -0.05) is 60.5 Å². The van der Waals surface area contributed by atoms with Gasteiger partial charge in [-0.15, -0.1) is 0 Å². The zero-order valence-corrected chi connectivity index (χ0v) is 18.7. The van der Waals surface area contributed by atoms with Gasteiger partial charge in [-0.25, -0.2) is 4.68 Å². The molecule has 1 aromatic heterocycles. The minimum absolute atomic E-state index is 0.575. The Kier molecular flexibility index (Phi) is 6.40. The van der Waals surface area contributed by atoms with Crippen LogP contribution in [0.15, 0.2) is 48.5 Å². The molecule has 0 N–H and O–H groups in total. The van der Waals surface area contributed by atoms with Gasteiger partial charge < -0.3 is 0 Å². The van der Waals surface area contributed by atoms with E-state index in [0.29, 0.717) is 28.0 Å². The molecule has 0 spiro atoms. The minimum Gasteiger partial charge on any atom is -0.295 e. The summed E-state index contributed by atoms with van der Waals surface area (Å²) in [7, 11) is 0. The summed E-state index contributed by atoms with van der Waals surface area (Å²) in [5.41, 5.74) is 2.00. The highest BCUT2D eigenvalue weighted by atomic mass is 35.5. The number of hydrogen-bond donors (Lipinski definition) is 0. The smallest absolute Gasteiger partial charge is 0.199 e. The van der Waals surface area contributed by atoms with E-state index in [0.717, 1.165) is 30.4 Å². The van der Waals surface area contributed by atoms with E-state index in [-0.39, 0.29) is 0 Å². The Morgan fingerprint density at radius 1 is 1.07 bits per heavy atom. The van der Waals surface area contributed by atoms with Crippen LogP contribution in [0.2, 0.25) is 10.0 Å². The predicted octanol–water partition coefficient (Wildman–Crippen LogP) is 6.13. The summed E-state index contributed by atoms with van der Waals surface area (Å²) in [6.45, 7) is 5.81. The molecule has 1 saturated heterocycles. The summed E-state index contributed by atoms with van der Waals surface area (Å²) in [5, 5.41) is 6.07. The average Bonchev–Trinajstić information content (AvgIpc) is 3.00. The molecule has 7 heteroatoms. The third-order valence-electron chi connectivity index (χ3n) is 5.49. The SMILES string of the molecule is CC1CCN(Cn2nc(-c3ccc(Cl)cc3Cl)n(Cc3ccccc3)c2=S)CC1. The highest BCUT2D eigenvalue weighted by molar-refractivity contribution is 7.71. The largest absolute Gasteiger partial charge is 0.295 e. The maximum Gasteiger partial charge on any atom is 0.199 e. The van der Waals surface area contributed by atoms with Crippen LogP contribution in [0.1, 0.15) is 25.3 Å². The first-order chi connectivity index (χ1) is 14.0. The molecule has 2 aromatic carbocycles. The molecule has 0 aliphatic carbocycles. The first-order valence-electron chi connectivity index (χ1n) is 9.90. The quantitative estimate of drug-likeness (QED) is 0.441. The average molecular weight is 447 g/mol. The zero-order chi connectivity index (χ0) is 20.4. The van der Waals surface area contributed by atoms with Gasteiger partial charge in [0.15, 0.2) is 10.6 Å². The van der Waals surface area contributed by atoms with Crippen LogP contribution in [0.3, 0.4) is 0 Å². The van der Waals surface area contributed by atoms with Crippen molar-refractivity contribution in [3.05, 3.63) is 68.9 Å². The van der Waals surface area contributed by atoms with Crippen LogP contribution in [0, 0.1) is 10.7 Å². The van der Waals surface area contributed by atoms with Crippen molar-refractivity contribution in [2.75, 3.05) is 13.1 Å². The van der Waals surface area contributed by atoms with Crippen LogP contribution in [0.25, 0.3) is 11.4 Å². The molecular weight excluding hydrogens is 423 g/mol. The number of benzene rings is 2. The second kappa shape index (κ2) is 9.00. The molecule has 0 atom stereocenters. The van der Waals surface area contributed by atoms with Gasteiger partial charge in [-0.05, 0) is 54.7 Å². The topological polar surface area (TPSA) is 26.0 Å². The molecular formula is C22H24Cl2N4S. The fraction of sp³-hybridized carbons (Fsp3) is 0.364. The van der Waals surface area contributed by atoms with E-state index in [4.69, 9.17) is 40.5 Å². The highest BCUT2D eigenvalue weighted by Crippen LogP contribution is 2.30. The van der Waals surface area contributed by atoms with E-state index in [1.807, 2.05) is 35.0 Å². The predicted molar refractivity (Wildman–Crippen MR) is 122 cm³/mol. The first kappa shape index (κ1) is 20.6. The van der Waals surface area contributed by atoms with E-state index in [9.17, 15) is 0 Å². The molecule has 0 bridgehead atoms. The van der Waals surface area contributed by atoms with Crippen molar-refractivity contribution in [1.82, 2.24) is 19.2 Å². The van der Waals surface area contributed by atoms with Crippen LogP contribution in [0.4, 0.5) is 0 Å². The number of rotatable bonds is 5. The first-order valence-corrected chi connectivity index (χ1v) is 11.1. The van der Waals surface area contributed by atoms with Crippen LogP contribution in [-0.4, -0.2) is 32.3 Å². The molecule has 0 radical (unpaired) electrons. The van der Waals surface area contributed by atoms with Crippen LogP contribution in [-0.2, 0) is 13.2 Å². The van der Waals surface area contributed by atoms with E-state index in [1.165, 1.54) is 18.4 Å². The van der Waals surface area contributed by atoms with Gasteiger partial charge in [-0.2, -0.15) is 5.10 Å². The van der Waals surface area contributed by atoms with E-state index in [2.05, 4.69) is 28.5 Å². The molecule has 1 fully saturated rings. The summed E-state index contributed by atoms with van der Waals surface area (Å²) in [6, 6.07) is 15.8. The summed E-state index contributed by atoms with van der Waals surface area (Å²) in [4.78, 5) is 2.42. The minimum atomic E-state index is 0.575. The summed E-state index contributed by atoms with van der Waals surface area (Å²) >= 11 is 18.5. The molecule has 3 aromatic rings. The standard InChI is InChI=1S/C22H24Cl2N4S/c1-16-9-11-26(12-10-16)15-28-22(29)27(14-17-5-3-2-4-6-17)21(25-28)19-8-7-18(23)13-20(19)24/h2-8,13,16H,9-12,14-15H2,1H3. The molecule has 0 unspecified atom stereocenters. The second-order valence-electron chi connectivity index (χ2n) is 7.74. The Morgan fingerprint density at radius 3 is 2.48 bits per heavy atom. The van der Waals surface area contributed by atoms with Gasteiger partial charge in [0.25, 0.3) is 0 Å². The monoisotopic (exact) mass is 446 g/mol. The molecule has 0 amide bonds. The van der Waals surface area contributed by atoms with Crippen molar-refractivity contribution >= 4 is 35.4 Å². The van der Waals surface area contributed by atoms with Crippen molar-refractivity contribution < 1.29 is 0 Å². The Hall–Kier alpha value is -1.66. The van der Waals surface area contributed by atoms with Crippen molar-refractivity contribution in [3.63, 3.8) is 0 Å². The van der Waals surface area contributed by atoms with Gasteiger partial charge in [0.05, 0.1) is 18.2 Å². The summed E-state index contributed by atoms with van der Waals surface area (Å²) in [6.07, 6.45) is 2.43. The van der Waals surface area contributed by atoms with Crippen molar-refractivity contribution in [2.24, 2.45) is 5.92 Å². The molecule has 1 aliphatic rings. The molecule has 2 heterocycles. The van der Waals surface area contributed by atoms with E-state index >= 15 is 0 Å². The van der Waals surface area contributed by atoms with Crippen LogP contribution >= 0.6 is 35.4 Å². The number of hydrogen-bond acceptors (Lipinski definition) is 3. The lowest BCUT2D eigenvalue weighted by molar-refractivity contribution is 0.146. The number of aromatic nitrogens is 3. The normalized spacial score (nSPS) is 15.7. The number of halogens is 2.